The van der Waals surface area contributed by atoms with Crippen molar-refractivity contribution in [2.24, 2.45) is 0 Å². The van der Waals surface area contributed by atoms with E-state index in [1.54, 1.807) is 6.07 Å². The summed E-state index contributed by atoms with van der Waals surface area (Å²) < 4.78 is 12.3. The van der Waals surface area contributed by atoms with Crippen molar-refractivity contribution in [1.82, 2.24) is 0 Å². The van der Waals surface area contributed by atoms with Gasteiger partial charge >= 0.3 is 0 Å². The van der Waals surface area contributed by atoms with Crippen LogP contribution in [-0.2, 0) is 0 Å². The lowest BCUT2D eigenvalue weighted by atomic mass is 10.0. The highest BCUT2D eigenvalue weighted by molar-refractivity contribution is 9.10. The highest BCUT2D eigenvalue weighted by atomic mass is 79.9. The molecule has 21 heavy (non-hydrogen) atoms. The molecule has 0 N–H and O–H groups in total. The first-order chi connectivity index (χ1) is 10.2. The highest BCUT2D eigenvalue weighted by Crippen LogP contribution is 2.42. The maximum atomic E-state index is 6.61. The molecule has 2 aromatic carbocycles. The van der Waals surface area contributed by atoms with Crippen LogP contribution in [0.4, 0.5) is 0 Å². The maximum Gasteiger partial charge on any atom is 0.162 e. The highest BCUT2D eigenvalue weighted by Gasteiger charge is 2.21. The van der Waals surface area contributed by atoms with Crippen LogP contribution < -0.4 is 9.47 Å². The zero-order valence-corrected chi connectivity index (χ0v) is 14.2. The molecule has 110 valence electrons. The lowest BCUT2D eigenvalue weighted by Crippen LogP contribution is -1.99. The van der Waals surface area contributed by atoms with Crippen LogP contribution >= 0.6 is 39.1 Å². The molecule has 0 aliphatic carbocycles. The number of rotatable bonds is 2. The van der Waals surface area contributed by atoms with Gasteiger partial charge in [0, 0.05) is 22.0 Å². The fourth-order valence-electron chi connectivity index (χ4n) is 2.24. The van der Waals surface area contributed by atoms with Crippen LogP contribution in [0.15, 0.2) is 40.9 Å². The summed E-state index contributed by atoms with van der Waals surface area (Å²) in [7, 11) is 0. The summed E-state index contributed by atoms with van der Waals surface area (Å²) in [6, 6.07) is 11.5. The van der Waals surface area contributed by atoms with Crippen LogP contribution in [0, 0.1) is 0 Å². The third kappa shape index (κ3) is 3.15. The van der Waals surface area contributed by atoms with Crippen molar-refractivity contribution < 1.29 is 9.47 Å². The molecule has 1 atom stereocenters. The van der Waals surface area contributed by atoms with Crippen LogP contribution in [0.25, 0.3) is 0 Å². The average Bonchev–Trinajstić information content (AvgIpc) is 2.71. The number of hydrogen-bond acceptors (Lipinski definition) is 2. The summed E-state index contributed by atoms with van der Waals surface area (Å²) >= 11 is 16.5. The number of benzene rings is 2. The molecule has 1 heterocycles. The summed E-state index contributed by atoms with van der Waals surface area (Å²) in [5, 5.41) is 0.222. The Hall–Kier alpha value is -0.900. The topological polar surface area (TPSA) is 18.5 Å². The molecule has 0 aromatic heterocycles. The standard InChI is InChI=1S/C16H13BrCl2O2/c17-12-5-2-1-4-10(12)16(19)11-8-14-15(9-13(11)18)21-7-3-6-20-14/h1-2,4-5,8-9,16H,3,6-7H2. The van der Waals surface area contributed by atoms with E-state index in [0.29, 0.717) is 29.7 Å². The van der Waals surface area contributed by atoms with Crippen molar-refractivity contribution in [3.05, 3.63) is 57.0 Å². The summed E-state index contributed by atoms with van der Waals surface area (Å²) in [6.07, 6.45) is 0.857. The van der Waals surface area contributed by atoms with E-state index in [0.717, 1.165) is 22.0 Å². The Morgan fingerprint density at radius 2 is 1.67 bits per heavy atom. The molecule has 0 fully saturated rings. The molecule has 0 spiro atoms. The number of halogens is 3. The molecule has 0 saturated carbocycles. The van der Waals surface area contributed by atoms with E-state index in [9.17, 15) is 0 Å². The van der Waals surface area contributed by atoms with Gasteiger partial charge in [-0.25, -0.2) is 0 Å². The quantitative estimate of drug-likeness (QED) is 0.625. The van der Waals surface area contributed by atoms with E-state index in [-0.39, 0.29) is 5.38 Å². The number of ether oxygens (including phenoxy) is 2. The van der Waals surface area contributed by atoms with Crippen molar-refractivity contribution in [3.63, 3.8) is 0 Å². The number of hydrogen-bond donors (Lipinski definition) is 0. The zero-order valence-electron chi connectivity index (χ0n) is 11.1. The zero-order chi connectivity index (χ0) is 14.8. The summed E-state index contributed by atoms with van der Waals surface area (Å²) in [5.74, 6) is 1.38. The predicted molar refractivity (Wildman–Crippen MR) is 88.9 cm³/mol. The van der Waals surface area contributed by atoms with Gasteiger partial charge in [-0.1, -0.05) is 45.7 Å². The summed E-state index contributed by atoms with van der Waals surface area (Å²) in [6.45, 7) is 1.27. The molecular formula is C16H13BrCl2O2. The van der Waals surface area contributed by atoms with E-state index < -0.39 is 0 Å². The van der Waals surface area contributed by atoms with E-state index in [2.05, 4.69) is 15.9 Å². The lowest BCUT2D eigenvalue weighted by molar-refractivity contribution is 0.297. The van der Waals surface area contributed by atoms with Gasteiger partial charge in [-0.3, -0.25) is 0 Å². The van der Waals surface area contributed by atoms with Gasteiger partial charge in [0.1, 0.15) is 0 Å². The molecule has 1 unspecified atom stereocenters. The average molecular weight is 388 g/mol. The number of fused-ring (bicyclic) bond motifs is 1. The van der Waals surface area contributed by atoms with Gasteiger partial charge in [-0.2, -0.15) is 0 Å². The van der Waals surface area contributed by atoms with Crippen molar-refractivity contribution in [2.45, 2.75) is 11.8 Å². The monoisotopic (exact) mass is 386 g/mol. The second kappa shape index (κ2) is 6.47. The third-order valence-corrected chi connectivity index (χ3v) is 4.84. The molecule has 1 aliphatic heterocycles. The van der Waals surface area contributed by atoms with Crippen LogP contribution in [0.2, 0.25) is 5.02 Å². The van der Waals surface area contributed by atoms with Crippen molar-refractivity contribution >= 4 is 39.1 Å². The van der Waals surface area contributed by atoms with Gasteiger partial charge in [-0.15, -0.1) is 11.6 Å². The van der Waals surface area contributed by atoms with Gasteiger partial charge in [0.25, 0.3) is 0 Å². The van der Waals surface area contributed by atoms with Crippen LogP contribution in [0.3, 0.4) is 0 Å². The first-order valence-corrected chi connectivity index (χ1v) is 8.25. The molecule has 3 rings (SSSR count). The first kappa shape index (κ1) is 15.0. The molecule has 0 bridgehead atoms. The Morgan fingerprint density at radius 1 is 1.00 bits per heavy atom. The minimum absolute atomic E-state index is 0.356. The van der Waals surface area contributed by atoms with Crippen LogP contribution in [-0.4, -0.2) is 13.2 Å². The third-order valence-electron chi connectivity index (χ3n) is 3.32. The minimum Gasteiger partial charge on any atom is -0.490 e. The SMILES string of the molecule is Clc1cc2c(cc1C(Cl)c1ccccc1Br)OCCCO2. The molecule has 2 aromatic rings. The first-order valence-electron chi connectivity index (χ1n) is 6.64. The largest absolute Gasteiger partial charge is 0.490 e. The van der Waals surface area contributed by atoms with Gasteiger partial charge in [0.2, 0.25) is 0 Å². The number of alkyl halides is 1. The molecule has 0 amide bonds. The fraction of sp³-hybridized carbons (Fsp3) is 0.250. The Morgan fingerprint density at radius 3 is 2.38 bits per heavy atom. The Kier molecular flexibility index (Phi) is 4.63. The Bertz CT molecular complexity index is 661. The Labute approximate surface area is 142 Å². The lowest BCUT2D eigenvalue weighted by Gasteiger charge is -2.16. The smallest absolute Gasteiger partial charge is 0.162 e. The minimum atomic E-state index is -0.356. The maximum absolute atomic E-state index is 6.61. The molecular weight excluding hydrogens is 375 g/mol. The van der Waals surface area contributed by atoms with E-state index in [1.165, 1.54) is 0 Å². The van der Waals surface area contributed by atoms with E-state index in [4.69, 9.17) is 32.7 Å². The van der Waals surface area contributed by atoms with Gasteiger partial charge in [0.05, 0.1) is 18.6 Å². The Balaban J connectivity index is 2.02. The normalized spacial score (nSPS) is 15.4. The van der Waals surface area contributed by atoms with Gasteiger partial charge in [0.15, 0.2) is 11.5 Å². The molecule has 5 heteroatoms. The molecule has 0 radical (unpaired) electrons. The van der Waals surface area contributed by atoms with Crippen LogP contribution in [0.5, 0.6) is 11.5 Å². The van der Waals surface area contributed by atoms with Crippen LogP contribution in [0.1, 0.15) is 22.9 Å². The predicted octanol–water partition coefficient (Wildman–Crippen LogP) is 5.59. The summed E-state index contributed by atoms with van der Waals surface area (Å²) in [4.78, 5) is 0. The fourth-order valence-corrected chi connectivity index (χ4v) is 3.58. The summed E-state index contributed by atoms with van der Waals surface area (Å²) in [5.41, 5.74) is 1.78. The van der Waals surface area contributed by atoms with Crippen molar-refractivity contribution in [1.29, 1.82) is 0 Å². The molecule has 2 nitrogen and oxygen atoms in total. The van der Waals surface area contributed by atoms with E-state index >= 15 is 0 Å². The van der Waals surface area contributed by atoms with Gasteiger partial charge in [-0.05, 0) is 23.3 Å². The second-order valence-electron chi connectivity index (χ2n) is 4.76. The molecule has 0 saturated heterocycles. The molecule has 1 aliphatic rings. The van der Waals surface area contributed by atoms with Gasteiger partial charge < -0.3 is 9.47 Å². The van der Waals surface area contributed by atoms with E-state index in [1.807, 2.05) is 30.3 Å². The van der Waals surface area contributed by atoms with Crippen molar-refractivity contribution in [2.75, 3.05) is 13.2 Å². The second-order valence-corrected chi connectivity index (χ2v) is 6.45. The van der Waals surface area contributed by atoms with Crippen molar-refractivity contribution in [3.8, 4) is 11.5 Å².